The van der Waals surface area contributed by atoms with E-state index in [4.69, 9.17) is 10.2 Å². The summed E-state index contributed by atoms with van der Waals surface area (Å²) in [5, 5.41) is 28.9. The molecule has 1 amide bonds. The summed E-state index contributed by atoms with van der Waals surface area (Å²) < 4.78 is 0. The van der Waals surface area contributed by atoms with E-state index in [0.29, 0.717) is 5.69 Å². The Morgan fingerprint density at radius 1 is 1.12 bits per heavy atom. The molecule has 4 N–H and O–H groups in total. The fraction of sp³-hybridized carbons (Fsp3) is 0.273. The first kappa shape index (κ1) is 13.1. The molecule has 2 atom stereocenters. The lowest BCUT2D eigenvalue weighted by Crippen LogP contribution is -2.42. The first-order valence-corrected chi connectivity index (χ1v) is 4.88. The van der Waals surface area contributed by atoms with Crippen molar-refractivity contribution in [3.63, 3.8) is 0 Å². The van der Waals surface area contributed by atoms with Crippen molar-refractivity contribution >= 4 is 17.6 Å². The number of carbonyl (C=O) groups excluding carboxylic acids is 1. The largest absolute Gasteiger partial charge is 0.479 e. The maximum atomic E-state index is 11.4. The van der Waals surface area contributed by atoms with Crippen LogP contribution in [0, 0.1) is 6.92 Å². The summed E-state index contributed by atoms with van der Waals surface area (Å²) in [6.45, 7) is 1.87. The number of rotatable bonds is 4. The van der Waals surface area contributed by atoms with Crippen LogP contribution >= 0.6 is 0 Å². The Morgan fingerprint density at radius 2 is 1.65 bits per heavy atom. The molecule has 1 aromatic rings. The summed E-state index contributed by atoms with van der Waals surface area (Å²) in [4.78, 5) is 21.7. The maximum Gasteiger partial charge on any atom is 0.335 e. The second kappa shape index (κ2) is 5.42. The molecule has 1 aromatic carbocycles. The molecule has 0 fully saturated rings. The molecule has 0 bridgehead atoms. The van der Waals surface area contributed by atoms with Crippen LogP contribution in [0.15, 0.2) is 24.3 Å². The highest BCUT2D eigenvalue weighted by molar-refractivity contribution is 5.97. The molecule has 6 heteroatoms. The Bertz CT molecular complexity index is 414. The van der Waals surface area contributed by atoms with Gasteiger partial charge in [0.2, 0.25) is 0 Å². The van der Waals surface area contributed by atoms with Crippen LogP contribution in [-0.2, 0) is 9.59 Å². The number of anilines is 1. The molecule has 1 rings (SSSR count). The Labute approximate surface area is 97.5 Å². The summed E-state index contributed by atoms with van der Waals surface area (Å²) in [7, 11) is 0. The molecule has 0 aliphatic rings. The van der Waals surface area contributed by atoms with Crippen molar-refractivity contribution in [2.45, 2.75) is 19.1 Å². The van der Waals surface area contributed by atoms with Crippen molar-refractivity contribution in [1.29, 1.82) is 0 Å². The van der Waals surface area contributed by atoms with Gasteiger partial charge in [-0.2, -0.15) is 0 Å². The quantitative estimate of drug-likeness (QED) is 0.579. The number of aliphatic hydroxyl groups excluding tert-OH is 2. The van der Waals surface area contributed by atoms with Gasteiger partial charge in [-0.25, -0.2) is 4.79 Å². The third-order valence-corrected chi connectivity index (χ3v) is 2.14. The standard InChI is InChI=1S/C11H13NO5/c1-6-2-4-7(5-3-6)12-10(15)8(13)9(14)11(16)17/h2-5,8-9,13-14H,1H3,(H,12,15)(H,16,17). The van der Waals surface area contributed by atoms with Crippen LogP contribution in [-0.4, -0.2) is 39.4 Å². The monoisotopic (exact) mass is 239 g/mol. The highest BCUT2D eigenvalue weighted by atomic mass is 16.4. The van der Waals surface area contributed by atoms with Gasteiger partial charge in [-0.05, 0) is 19.1 Å². The third kappa shape index (κ3) is 3.54. The zero-order chi connectivity index (χ0) is 13.0. The SMILES string of the molecule is Cc1ccc(NC(=O)C(O)C(O)C(=O)O)cc1. The molecule has 0 spiro atoms. The van der Waals surface area contributed by atoms with E-state index in [2.05, 4.69) is 5.32 Å². The van der Waals surface area contributed by atoms with Gasteiger partial charge in [-0.3, -0.25) is 4.79 Å². The number of aliphatic carboxylic acids is 1. The summed E-state index contributed by atoms with van der Waals surface area (Å²) in [5.74, 6) is -2.62. The van der Waals surface area contributed by atoms with E-state index in [1.54, 1.807) is 24.3 Å². The second-order valence-corrected chi connectivity index (χ2v) is 3.58. The number of amides is 1. The predicted molar refractivity (Wildman–Crippen MR) is 59.5 cm³/mol. The average Bonchev–Trinajstić information content (AvgIpc) is 2.30. The second-order valence-electron chi connectivity index (χ2n) is 3.58. The van der Waals surface area contributed by atoms with Gasteiger partial charge in [0.05, 0.1) is 0 Å². The lowest BCUT2D eigenvalue weighted by Gasteiger charge is -2.13. The first-order chi connectivity index (χ1) is 7.91. The molecule has 0 aliphatic heterocycles. The zero-order valence-corrected chi connectivity index (χ0v) is 9.12. The minimum atomic E-state index is -2.14. The van der Waals surface area contributed by atoms with Crippen molar-refractivity contribution in [2.24, 2.45) is 0 Å². The number of carbonyl (C=O) groups is 2. The topological polar surface area (TPSA) is 107 Å². The number of aliphatic hydroxyl groups is 2. The highest BCUT2D eigenvalue weighted by Gasteiger charge is 2.29. The van der Waals surface area contributed by atoms with E-state index in [1.807, 2.05) is 6.92 Å². The van der Waals surface area contributed by atoms with E-state index in [0.717, 1.165) is 5.56 Å². The number of hydrogen-bond donors (Lipinski definition) is 4. The molecule has 6 nitrogen and oxygen atoms in total. The van der Waals surface area contributed by atoms with Gasteiger partial charge in [0, 0.05) is 5.69 Å². The summed E-state index contributed by atoms with van der Waals surface area (Å²) >= 11 is 0. The number of carboxylic acids is 1. The fourth-order valence-electron chi connectivity index (χ4n) is 1.13. The maximum absolute atomic E-state index is 11.4. The van der Waals surface area contributed by atoms with Crippen molar-refractivity contribution in [3.05, 3.63) is 29.8 Å². The van der Waals surface area contributed by atoms with Crippen molar-refractivity contribution in [1.82, 2.24) is 0 Å². The number of carboxylic acid groups (broad SMARTS) is 1. The molecule has 0 aliphatic carbocycles. The Morgan fingerprint density at radius 3 is 2.12 bits per heavy atom. The first-order valence-electron chi connectivity index (χ1n) is 4.88. The van der Waals surface area contributed by atoms with Crippen molar-refractivity contribution < 1.29 is 24.9 Å². The Kier molecular flexibility index (Phi) is 4.19. The van der Waals surface area contributed by atoms with E-state index in [9.17, 15) is 14.7 Å². The van der Waals surface area contributed by atoms with Gasteiger partial charge in [-0.1, -0.05) is 17.7 Å². The van der Waals surface area contributed by atoms with Crippen LogP contribution in [0.4, 0.5) is 5.69 Å². The number of nitrogens with one attached hydrogen (secondary N) is 1. The number of benzene rings is 1. The molecular weight excluding hydrogens is 226 g/mol. The van der Waals surface area contributed by atoms with Gasteiger partial charge >= 0.3 is 5.97 Å². The zero-order valence-electron chi connectivity index (χ0n) is 9.12. The molecule has 17 heavy (non-hydrogen) atoms. The minimum Gasteiger partial charge on any atom is -0.479 e. The van der Waals surface area contributed by atoms with E-state index in [-0.39, 0.29) is 0 Å². The van der Waals surface area contributed by atoms with Crippen LogP contribution in [0.2, 0.25) is 0 Å². The highest BCUT2D eigenvalue weighted by Crippen LogP contribution is 2.09. The van der Waals surface area contributed by atoms with Crippen molar-refractivity contribution in [2.75, 3.05) is 5.32 Å². The van der Waals surface area contributed by atoms with Crippen LogP contribution in [0.3, 0.4) is 0 Å². The van der Waals surface area contributed by atoms with E-state index in [1.165, 1.54) is 0 Å². The van der Waals surface area contributed by atoms with Gasteiger partial charge in [0.1, 0.15) is 0 Å². The van der Waals surface area contributed by atoms with Crippen LogP contribution in [0.25, 0.3) is 0 Å². The molecule has 0 radical (unpaired) electrons. The van der Waals surface area contributed by atoms with Gasteiger partial charge in [0.25, 0.3) is 5.91 Å². The normalized spacial score (nSPS) is 13.8. The van der Waals surface area contributed by atoms with Gasteiger partial charge in [0.15, 0.2) is 12.2 Å². The number of aryl methyl sites for hydroxylation is 1. The Hall–Kier alpha value is -1.92. The molecule has 0 saturated carbocycles. The van der Waals surface area contributed by atoms with E-state index < -0.39 is 24.1 Å². The lowest BCUT2D eigenvalue weighted by molar-refractivity contribution is -0.156. The smallest absolute Gasteiger partial charge is 0.335 e. The minimum absolute atomic E-state index is 0.414. The summed E-state index contributed by atoms with van der Waals surface area (Å²) in [5.41, 5.74) is 1.41. The molecule has 92 valence electrons. The van der Waals surface area contributed by atoms with Crippen LogP contribution in [0.1, 0.15) is 5.56 Å². The third-order valence-electron chi connectivity index (χ3n) is 2.14. The van der Waals surface area contributed by atoms with Gasteiger partial charge < -0.3 is 20.6 Å². The Balaban J connectivity index is 2.66. The molecule has 2 unspecified atom stereocenters. The van der Waals surface area contributed by atoms with Crippen molar-refractivity contribution in [3.8, 4) is 0 Å². The lowest BCUT2D eigenvalue weighted by atomic mass is 10.2. The van der Waals surface area contributed by atoms with Crippen LogP contribution < -0.4 is 5.32 Å². The van der Waals surface area contributed by atoms with E-state index >= 15 is 0 Å². The predicted octanol–water partition coefficient (Wildman–Crippen LogP) is -0.260. The summed E-state index contributed by atoms with van der Waals surface area (Å²) in [6, 6.07) is 6.70. The molecular formula is C11H13NO5. The average molecular weight is 239 g/mol. The van der Waals surface area contributed by atoms with Gasteiger partial charge in [-0.15, -0.1) is 0 Å². The molecule has 0 saturated heterocycles. The molecule has 0 heterocycles. The fourth-order valence-corrected chi connectivity index (χ4v) is 1.13. The summed E-state index contributed by atoms with van der Waals surface area (Å²) in [6.07, 6.45) is -4.14. The molecule has 0 aromatic heterocycles. The number of hydrogen-bond acceptors (Lipinski definition) is 4. The van der Waals surface area contributed by atoms with Crippen LogP contribution in [0.5, 0.6) is 0 Å².